The Kier molecular flexibility index (Phi) is 2.51. The standard InChI is InChI=1S/C9H10O4/c1-5-4-6(10)8(12-2)9(13-3)7(5)11/h4H,1-3H3/i6+1. The molecule has 0 aromatic heterocycles. The first-order valence-electron chi connectivity index (χ1n) is 3.71. The molecule has 0 radical (unpaired) electrons. The number of methoxy groups -OCH3 is 2. The molecule has 4 heteroatoms. The van der Waals surface area contributed by atoms with Gasteiger partial charge in [0.25, 0.3) is 0 Å². The van der Waals surface area contributed by atoms with Gasteiger partial charge in [0.1, 0.15) is 0 Å². The number of ketones is 2. The summed E-state index contributed by atoms with van der Waals surface area (Å²) in [6.45, 7) is 1.56. The molecule has 4 nitrogen and oxygen atoms in total. The molecule has 13 heavy (non-hydrogen) atoms. The fourth-order valence-electron chi connectivity index (χ4n) is 1.10. The molecule has 0 aromatic carbocycles. The molecule has 0 saturated carbocycles. The third-order valence-corrected chi connectivity index (χ3v) is 1.75. The lowest BCUT2D eigenvalue weighted by Gasteiger charge is -2.14. The van der Waals surface area contributed by atoms with Gasteiger partial charge in [0, 0.05) is 5.57 Å². The van der Waals surface area contributed by atoms with Gasteiger partial charge in [-0.3, -0.25) is 9.59 Å². The molecule has 0 heterocycles. The summed E-state index contributed by atoms with van der Waals surface area (Å²) in [5, 5.41) is 0. The van der Waals surface area contributed by atoms with E-state index < -0.39 is 0 Å². The molecule has 1 aliphatic carbocycles. The zero-order chi connectivity index (χ0) is 10.0. The fraction of sp³-hybridized carbons (Fsp3) is 0.333. The Morgan fingerprint density at radius 2 is 1.62 bits per heavy atom. The van der Waals surface area contributed by atoms with Crippen molar-refractivity contribution in [3.05, 3.63) is 23.2 Å². The van der Waals surface area contributed by atoms with Gasteiger partial charge in [-0.2, -0.15) is 0 Å². The van der Waals surface area contributed by atoms with Gasteiger partial charge in [-0.15, -0.1) is 0 Å². The quantitative estimate of drug-likeness (QED) is 0.464. The van der Waals surface area contributed by atoms with Crippen molar-refractivity contribution in [1.29, 1.82) is 0 Å². The average molecular weight is 183 g/mol. The molecular formula is C9H10O4. The summed E-state index contributed by atoms with van der Waals surface area (Å²) < 4.78 is 9.56. The van der Waals surface area contributed by atoms with Crippen LogP contribution in [0.4, 0.5) is 0 Å². The third-order valence-electron chi connectivity index (χ3n) is 1.75. The van der Waals surface area contributed by atoms with Gasteiger partial charge in [-0.05, 0) is 13.0 Å². The van der Waals surface area contributed by atoms with Crippen molar-refractivity contribution in [1.82, 2.24) is 0 Å². The highest BCUT2D eigenvalue weighted by Gasteiger charge is 2.28. The van der Waals surface area contributed by atoms with E-state index in [2.05, 4.69) is 0 Å². The van der Waals surface area contributed by atoms with Crippen LogP contribution in [0.2, 0.25) is 0 Å². The second-order valence-corrected chi connectivity index (χ2v) is 2.59. The van der Waals surface area contributed by atoms with Crippen molar-refractivity contribution in [2.24, 2.45) is 0 Å². The Balaban J connectivity index is 3.19. The van der Waals surface area contributed by atoms with Gasteiger partial charge in [0.15, 0.2) is 0 Å². The van der Waals surface area contributed by atoms with Gasteiger partial charge in [-0.1, -0.05) is 0 Å². The van der Waals surface area contributed by atoms with Crippen molar-refractivity contribution in [3.63, 3.8) is 0 Å². The number of hydrogen-bond acceptors (Lipinski definition) is 4. The third kappa shape index (κ3) is 1.47. The minimum absolute atomic E-state index is 0.0208. The summed E-state index contributed by atoms with van der Waals surface area (Å²) in [7, 11) is 2.66. The van der Waals surface area contributed by atoms with E-state index in [9.17, 15) is 9.59 Å². The molecule has 0 N–H and O–H groups in total. The van der Waals surface area contributed by atoms with Gasteiger partial charge >= 0.3 is 0 Å². The van der Waals surface area contributed by atoms with Gasteiger partial charge in [0.05, 0.1) is 14.2 Å². The second-order valence-electron chi connectivity index (χ2n) is 2.59. The molecule has 0 spiro atoms. The molecule has 1 rings (SSSR count). The summed E-state index contributed by atoms with van der Waals surface area (Å²) >= 11 is 0. The van der Waals surface area contributed by atoms with Crippen LogP contribution in [0.15, 0.2) is 23.2 Å². The SMILES string of the molecule is COC1=C(OC)[13C](=O)C=C(C)C1=O. The van der Waals surface area contributed by atoms with Gasteiger partial charge < -0.3 is 9.47 Å². The Labute approximate surface area is 75.8 Å². The lowest BCUT2D eigenvalue weighted by Crippen LogP contribution is -2.20. The zero-order valence-electron chi connectivity index (χ0n) is 7.71. The van der Waals surface area contributed by atoms with Crippen molar-refractivity contribution in [2.75, 3.05) is 14.2 Å². The summed E-state index contributed by atoms with van der Waals surface area (Å²) in [5.41, 5.74) is 0.364. The van der Waals surface area contributed by atoms with E-state index in [0.717, 1.165) is 0 Å². The average Bonchev–Trinajstić information content (AvgIpc) is 2.10. The number of hydrogen-bond donors (Lipinski definition) is 0. The Bertz CT molecular complexity index is 323. The van der Waals surface area contributed by atoms with E-state index in [1.807, 2.05) is 0 Å². The molecule has 0 saturated heterocycles. The van der Waals surface area contributed by atoms with Crippen LogP contribution in [-0.4, -0.2) is 25.8 Å². The Morgan fingerprint density at radius 1 is 1.08 bits per heavy atom. The highest BCUT2D eigenvalue weighted by molar-refractivity contribution is 6.20. The lowest BCUT2D eigenvalue weighted by molar-refractivity contribution is -0.120. The second kappa shape index (κ2) is 3.43. The van der Waals surface area contributed by atoms with E-state index in [1.165, 1.54) is 20.3 Å². The van der Waals surface area contributed by atoms with Crippen LogP contribution in [0, 0.1) is 0 Å². The molecule has 0 atom stereocenters. The first kappa shape index (κ1) is 9.51. The first-order chi connectivity index (χ1) is 6.11. The molecule has 0 fully saturated rings. The van der Waals surface area contributed by atoms with Crippen LogP contribution in [0.25, 0.3) is 0 Å². The maximum Gasteiger partial charge on any atom is 0.227 e. The van der Waals surface area contributed by atoms with Crippen LogP contribution < -0.4 is 0 Å². The molecular weight excluding hydrogens is 173 g/mol. The predicted molar refractivity (Wildman–Crippen MR) is 44.8 cm³/mol. The zero-order valence-corrected chi connectivity index (χ0v) is 7.71. The summed E-state index contributed by atoms with van der Waals surface area (Å²) in [6, 6.07) is 0. The number of allylic oxidation sites excluding steroid dienone is 2. The molecule has 0 unspecified atom stereocenters. The van der Waals surface area contributed by atoms with E-state index in [-0.39, 0.29) is 23.1 Å². The van der Waals surface area contributed by atoms with Crippen LogP contribution in [-0.2, 0) is 19.1 Å². The van der Waals surface area contributed by atoms with Crippen molar-refractivity contribution in [2.45, 2.75) is 6.92 Å². The largest absolute Gasteiger partial charge is 0.490 e. The summed E-state index contributed by atoms with van der Waals surface area (Å²) in [4.78, 5) is 22.6. The van der Waals surface area contributed by atoms with E-state index in [0.29, 0.717) is 5.57 Å². The van der Waals surface area contributed by atoms with Gasteiger partial charge in [0.2, 0.25) is 23.1 Å². The highest BCUT2D eigenvalue weighted by atomic mass is 16.5. The number of carbonyl (C=O) groups excluding carboxylic acids is 2. The van der Waals surface area contributed by atoms with Crippen molar-refractivity contribution < 1.29 is 19.1 Å². The van der Waals surface area contributed by atoms with Crippen LogP contribution in [0.3, 0.4) is 0 Å². The number of rotatable bonds is 2. The Morgan fingerprint density at radius 3 is 2.08 bits per heavy atom. The van der Waals surface area contributed by atoms with E-state index in [4.69, 9.17) is 9.47 Å². The molecule has 0 aromatic rings. The number of ether oxygens (including phenoxy) is 2. The molecule has 70 valence electrons. The lowest BCUT2D eigenvalue weighted by atomic mass is 10.1. The maximum atomic E-state index is 11.4. The normalized spacial score (nSPS) is 17.3. The molecule has 0 bridgehead atoms. The van der Waals surface area contributed by atoms with E-state index >= 15 is 0 Å². The summed E-state index contributed by atoms with van der Waals surface area (Å²) in [6.07, 6.45) is 1.24. The number of Topliss-reactive ketones (excluding diaryl/α,β-unsaturated/α-hetero) is 1. The minimum atomic E-state index is -0.337. The Hall–Kier alpha value is -1.58. The van der Waals surface area contributed by atoms with Crippen LogP contribution in [0.5, 0.6) is 0 Å². The molecule has 1 aliphatic rings. The molecule has 0 aliphatic heterocycles. The van der Waals surface area contributed by atoms with E-state index in [1.54, 1.807) is 6.92 Å². The number of carbonyl (C=O) groups is 2. The molecule has 0 amide bonds. The highest BCUT2D eigenvalue weighted by Crippen LogP contribution is 2.19. The smallest absolute Gasteiger partial charge is 0.227 e. The minimum Gasteiger partial charge on any atom is -0.490 e. The van der Waals surface area contributed by atoms with Crippen LogP contribution >= 0.6 is 0 Å². The van der Waals surface area contributed by atoms with Gasteiger partial charge in [-0.25, -0.2) is 0 Å². The summed E-state index contributed by atoms with van der Waals surface area (Å²) in [5.74, 6) is -0.694. The topological polar surface area (TPSA) is 52.6 Å². The van der Waals surface area contributed by atoms with Crippen molar-refractivity contribution >= 4 is 11.6 Å². The fourth-order valence-corrected chi connectivity index (χ4v) is 1.10. The van der Waals surface area contributed by atoms with Crippen LogP contribution in [0.1, 0.15) is 6.92 Å². The first-order valence-corrected chi connectivity index (χ1v) is 3.71. The maximum absolute atomic E-state index is 11.4. The van der Waals surface area contributed by atoms with Crippen molar-refractivity contribution in [3.8, 4) is 0 Å². The monoisotopic (exact) mass is 183 g/mol. The predicted octanol–water partition coefficient (Wildman–Crippen LogP) is 0.589.